The maximum atomic E-state index is 11.4. The van der Waals surface area contributed by atoms with Gasteiger partial charge in [0.2, 0.25) is 0 Å². The van der Waals surface area contributed by atoms with Crippen molar-refractivity contribution in [2.45, 2.75) is 26.2 Å². The Morgan fingerprint density at radius 1 is 1.50 bits per heavy atom. The van der Waals surface area contributed by atoms with E-state index in [0.29, 0.717) is 19.6 Å². The molecule has 1 aromatic carbocycles. The molecule has 0 radical (unpaired) electrons. The van der Waals surface area contributed by atoms with Crippen LogP contribution in [0, 0.1) is 6.92 Å². The molecule has 0 fully saturated rings. The van der Waals surface area contributed by atoms with Crippen LogP contribution in [-0.2, 0) is 9.53 Å². The van der Waals surface area contributed by atoms with Crippen molar-refractivity contribution in [1.29, 1.82) is 0 Å². The first-order valence-electron chi connectivity index (χ1n) is 5.59. The summed E-state index contributed by atoms with van der Waals surface area (Å²) in [6, 6.07) is 8.08. The molecule has 1 atom stereocenters. The number of nitrogens with two attached hydrogens (primary N) is 1. The highest BCUT2D eigenvalue weighted by atomic mass is 16.5. The van der Waals surface area contributed by atoms with Gasteiger partial charge in [-0.1, -0.05) is 29.8 Å². The third-order valence-electron chi connectivity index (χ3n) is 2.52. The second-order valence-electron chi connectivity index (χ2n) is 3.86. The third-order valence-corrected chi connectivity index (χ3v) is 2.52. The van der Waals surface area contributed by atoms with Gasteiger partial charge in [-0.05, 0) is 26.0 Å². The van der Waals surface area contributed by atoms with Gasteiger partial charge in [0, 0.05) is 5.92 Å². The number of esters is 1. The number of carbonyl (C=O) groups excluding carboxylic acids is 1. The number of aryl methyl sites for hydroxylation is 1. The molecule has 0 heterocycles. The maximum absolute atomic E-state index is 11.4. The van der Waals surface area contributed by atoms with Gasteiger partial charge in [0.15, 0.2) is 0 Å². The Morgan fingerprint density at radius 3 is 2.81 bits per heavy atom. The Labute approximate surface area is 96.6 Å². The van der Waals surface area contributed by atoms with E-state index < -0.39 is 0 Å². The SMILES string of the molecule is CCOC(=O)CC(CN)c1cccc(C)c1. The summed E-state index contributed by atoms with van der Waals surface area (Å²) < 4.78 is 4.93. The van der Waals surface area contributed by atoms with E-state index >= 15 is 0 Å². The maximum Gasteiger partial charge on any atom is 0.306 e. The lowest BCUT2D eigenvalue weighted by Gasteiger charge is -2.14. The van der Waals surface area contributed by atoms with Gasteiger partial charge in [-0.15, -0.1) is 0 Å². The highest BCUT2D eigenvalue weighted by Crippen LogP contribution is 2.20. The zero-order chi connectivity index (χ0) is 12.0. The molecular formula is C13H19NO2. The van der Waals surface area contributed by atoms with E-state index in [1.54, 1.807) is 0 Å². The Bertz CT molecular complexity index is 350. The standard InChI is InChI=1S/C13H19NO2/c1-3-16-13(15)8-12(9-14)11-6-4-5-10(2)7-11/h4-7,12H,3,8-9,14H2,1-2H3. The van der Waals surface area contributed by atoms with Gasteiger partial charge in [-0.2, -0.15) is 0 Å². The summed E-state index contributed by atoms with van der Waals surface area (Å²) in [5, 5.41) is 0. The normalized spacial score (nSPS) is 12.2. The summed E-state index contributed by atoms with van der Waals surface area (Å²) >= 11 is 0. The molecule has 0 aliphatic heterocycles. The van der Waals surface area contributed by atoms with Gasteiger partial charge in [-0.3, -0.25) is 4.79 Å². The third kappa shape index (κ3) is 3.66. The lowest BCUT2D eigenvalue weighted by atomic mass is 9.95. The van der Waals surface area contributed by atoms with Crippen molar-refractivity contribution in [3.8, 4) is 0 Å². The fraction of sp³-hybridized carbons (Fsp3) is 0.462. The minimum Gasteiger partial charge on any atom is -0.466 e. The van der Waals surface area contributed by atoms with E-state index in [9.17, 15) is 4.79 Å². The van der Waals surface area contributed by atoms with E-state index in [2.05, 4.69) is 6.07 Å². The first-order chi connectivity index (χ1) is 7.67. The summed E-state index contributed by atoms with van der Waals surface area (Å²) in [5.74, 6) is -0.126. The molecular weight excluding hydrogens is 202 g/mol. The summed E-state index contributed by atoms with van der Waals surface area (Å²) in [6.07, 6.45) is 0.355. The predicted octanol–water partition coefficient (Wildman–Crippen LogP) is 1.99. The van der Waals surface area contributed by atoms with Gasteiger partial charge in [0.1, 0.15) is 0 Å². The van der Waals surface area contributed by atoms with Crippen LogP contribution in [0.2, 0.25) is 0 Å². The lowest BCUT2D eigenvalue weighted by molar-refractivity contribution is -0.143. The van der Waals surface area contributed by atoms with Crippen molar-refractivity contribution in [3.63, 3.8) is 0 Å². The largest absolute Gasteiger partial charge is 0.466 e. The molecule has 0 aromatic heterocycles. The Balaban J connectivity index is 2.70. The van der Waals surface area contributed by atoms with Crippen molar-refractivity contribution < 1.29 is 9.53 Å². The molecule has 0 aliphatic carbocycles. The lowest BCUT2D eigenvalue weighted by Crippen LogP contribution is -2.18. The van der Waals surface area contributed by atoms with Crippen molar-refractivity contribution in [3.05, 3.63) is 35.4 Å². The van der Waals surface area contributed by atoms with Crippen LogP contribution < -0.4 is 5.73 Å². The van der Waals surface area contributed by atoms with Crippen molar-refractivity contribution in [2.75, 3.05) is 13.2 Å². The Morgan fingerprint density at radius 2 is 2.25 bits per heavy atom. The van der Waals surface area contributed by atoms with Crippen LogP contribution in [-0.4, -0.2) is 19.1 Å². The first kappa shape index (κ1) is 12.7. The van der Waals surface area contributed by atoms with E-state index in [1.807, 2.05) is 32.0 Å². The minimum absolute atomic E-state index is 0.0546. The predicted molar refractivity (Wildman–Crippen MR) is 64.2 cm³/mol. The average molecular weight is 221 g/mol. The second kappa shape index (κ2) is 6.28. The minimum atomic E-state index is -0.181. The van der Waals surface area contributed by atoms with Crippen LogP contribution in [0.25, 0.3) is 0 Å². The molecule has 1 unspecified atom stereocenters. The number of benzene rings is 1. The van der Waals surface area contributed by atoms with Crippen LogP contribution in [0.15, 0.2) is 24.3 Å². The van der Waals surface area contributed by atoms with Gasteiger partial charge in [0.25, 0.3) is 0 Å². The number of carbonyl (C=O) groups is 1. The first-order valence-corrected chi connectivity index (χ1v) is 5.59. The summed E-state index contributed by atoms with van der Waals surface area (Å²) in [4.78, 5) is 11.4. The molecule has 0 aliphatic rings. The number of hydrogen-bond donors (Lipinski definition) is 1. The highest BCUT2D eigenvalue weighted by molar-refractivity contribution is 5.70. The molecule has 0 saturated heterocycles. The van der Waals surface area contributed by atoms with Crippen LogP contribution in [0.4, 0.5) is 0 Å². The second-order valence-corrected chi connectivity index (χ2v) is 3.86. The quantitative estimate of drug-likeness (QED) is 0.774. The molecule has 88 valence electrons. The van der Waals surface area contributed by atoms with Crippen molar-refractivity contribution in [2.24, 2.45) is 5.73 Å². The smallest absolute Gasteiger partial charge is 0.306 e. The van der Waals surface area contributed by atoms with Crippen LogP contribution in [0.3, 0.4) is 0 Å². The van der Waals surface area contributed by atoms with Gasteiger partial charge < -0.3 is 10.5 Å². The molecule has 1 aromatic rings. The molecule has 0 spiro atoms. The number of rotatable bonds is 5. The summed E-state index contributed by atoms with van der Waals surface area (Å²) in [7, 11) is 0. The van der Waals surface area contributed by atoms with E-state index in [0.717, 1.165) is 5.56 Å². The number of ether oxygens (including phenoxy) is 1. The van der Waals surface area contributed by atoms with Gasteiger partial charge >= 0.3 is 5.97 Å². The zero-order valence-electron chi connectivity index (χ0n) is 9.90. The average Bonchev–Trinajstić information content (AvgIpc) is 2.26. The van der Waals surface area contributed by atoms with E-state index in [1.165, 1.54) is 5.56 Å². The van der Waals surface area contributed by atoms with Crippen molar-refractivity contribution in [1.82, 2.24) is 0 Å². The summed E-state index contributed by atoms with van der Waals surface area (Å²) in [6.45, 7) is 4.72. The fourth-order valence-electron chi connectivity index (χ4n) is 1.68. The Kier molecular flexibility index (Phi) is 4.99. The van der Waals surface area contributed by atoms with Crippen LogP contribution >= 0.6 is 0 Å². The Hall–Kier alpha value is -1.35. The monoisotopic (exact) mass is 221 g/mol. The summed E-state index contributed by atoms with van der Waals surface area (Å²) in [5.41, 5.74) is 7.98. The molecule has 3 nitrogen and oxygen atoms in total. The van der Waals surface area contributed by atoms with Crippen LogP contribution in [0.5, 0.6) is 0 Å². The zero-order valence-corrected chi connectivity index (χ0v) is 9.90. The van der Waals surface area contributed by atoms with Gasteiger partial charge in [0.05, 0.1) is 13.0 Å². The molecule has 16 heavy (non-hydrogen) atoms. The molecule has 2 N–H and O–H groups in total. The van der Waals surface area contributed by atoms with E-state index in [-0.39, 0.29) is 11.9 Å². The molecule has 0 amide bonds. The molecule has 3 heteroatoms. The fourth-order valence-corrected chi connectivity index (χ4v) is 1.68. The van der Waals surface area contributed by atoms with Crippen molar-refractivity contribution >= 4 is 5.97 Å². The number of hydrogen-bond acceptors (Lipinski definition) is 3. The van der Waals surface area contributed by atoms with Crippen LogP contribution in [0.1, 0.15) is 30.4 Å². The molecule has 1 rings (SSSR count). The molecule has 0 bridgehead atoms. The topological polar surface area (TPSA) is 52.3 Å². The highest BCUT2D eigenvalue weighted by Gasteiger charge is 2.15. The molecule has 0 saturated carbocycles. The van der Waals surface area contributed by atoms with E-state index in [4.69, 9.17) is 10.5 Å². The van der Waals surface area contributed by atoms with Gasteiger partial charge in [-0.25, -0.2) is 0 Å².